The summed E-state index contributed by atoms with van der Waals surface area (Å²) >= 11 is 6.19. The van der Waals surface area contributed by atoms with Crippen LogP contribution >= 0.6 is 11.6 Å². The van der Waals surface area contributed by atoms with Crippen molar-refractivity contribution in [1.29, 1.82) is 0 Å². The molecule has 0 bridgehead atoms. The van der Waals surface area contributed by atoms with E-state index in [1.54, 1.807) is 12.1 Å². The first-order valence-electron chi connectivity index (χ1n) is 10.4. The molecule has 166 valence electrons. The third kappa shape index (κ3) is 4.11. The minimum atomic E-state index is -1.33. The number of carbonyl (C=O) groups is 1. The molecular weight excluding hydrogens is 432 g/mol. The van der Waals surface area contributed by atoms with Gasteiger partial charge in [-0.15, -0.1) is 0 Å². The van der Waals surface area contributed by atoms with Crippen LogP contribution in [0.25, 0.3) is 11.3 Å². The van der Waals surface area contributed by atoms with Crippen LogP contribution in [-0.4, -0.2) is 27.4 Å². The van der Waals surface area contributed by atoms with Crippen LogP contribution in [-0.2, 0) is 5.41 Å². The van der Waals surface area contributed by atoms with Crippen molar-refractivity contribution in [3.8, 4) is 11.3 Å². The second-order valence-electron chi connectivity index (χ2n) is 8.18. The molecule has 3 aromatic rings. The number of pyridine rings is 1. The molecule has 32 heavy (non-hydrogen) atoms. The summed E-state index contributed by atoms with van der Waals surface area (Å²) in [6.45, 7) is 0.441. The number of nitrogens with two attached hydrogens (primary N) is 1. The molecule has 0 aliphatic heterocycles. The summed E-state index contributed by atoms with van der Waals surface area (Å²) < 4.78 is 1.87. The zero-order chi connectivity index (χ0) is 22.9. The van der Waals surface area contributed by atoms with Crippen LogP contribution in [0.1, 0.15) is 47.6 Å². The van der Waals surface area contributed by atoms with E-state index >= 15 is 0 Å². The lowest BCUT2D eigenvalue weighted by atomic mass is 9.68. The standard InChI is InChI=1S/C23H23ClN4O4/c24-17-5-1-4-16(11-17)23(14-25)8-6-18(7-9-23)28-21(29)19(22(30)31)12-20(26-28)15-3-2-10-27(32)13-15/h1-5,10-13,18H,6-9,14,25H2,(H,30,31). The van der Waals surface area contributed by atoms with Gasteiger partial charge in [-0.2, -0.15) is 9.83 Å². The number of aromatic nitrogens is 3. The molecule has 2 aromatic heterocycles. The first-order chi connectivity index (χ1) is 15.3. The van der Waals surface area contributed by atoms with Crippen molar-refractivity contribution in [3.05, 3.63) is 86.6 Å². The maximum Gasteiger partial charge on any atom is 0.341 e. The molecule has 4 rings (SSSR count). The Morgan fingerprint density at radius 3 is 2.66 bits per heavy atom. The molecule has 1 fully saturated rings. The Hall–Kier alpha value is -3.23. The largest absolute Gasteiger partial charge is 0.619 e. The van der Waals surface area contributed by atoms with Gasteiger partial charge in [0.1, 0.15) is 5.56 Å². The highest BCUT2D eigenvalue weighted by molar-refractivity contribution is 6.30. The fourth-order valence-electron chi connectivity index (χ4n) is 4.49. The molecule has 0 spiro atoms. The molecule has 1 aliphatic rings. The maximum atomic E-state index is 12.9. The van der Waals surface area contributed by atoms with Crippen LogP contribution in [0.15, 0.2) is 59.7 Å². The van der Waals surface area contributed by atoms with Gasteiger partial charge in [-0.1, -0.05) is 23.7 Å². The van der Waals surface area contributed by atoms with Gasteiger partial charge in [0.15, 0.2) is 12.4 Å². The topological polar surface area (TPSA) is 125 Å². The van der Waals surface area contributed by atoms with Gasteiger partial charge in [0, 0.05) is 23.0 Å². The highest BCUT2D eigenvalue weighted by Crippen LogP contribution is 2.42. The van der Waals surface area contributed by atoms with Gasteiger partial charge < -0.3 is 16.0 Å². The number of aromatic carboxylic acids is 1. The van der Waals surface area contributed by atoms with E-state index in [-0.39, 0.29) is 22.7 Å². The van der Waals surface area contributed by atoms with Crippen LogP contribution in [0.2, 0.25) is 5.02 Å². The van der Waals surface area contributed by atoms with Crippen LogP contribution in [0, 0.1) is 5.21 Å². The highest BCUT2D eigenvalue weighted by atomic mass is 35.5. The number of hydrogen-bond donors (Lipinski definition) is 2. The molecule has 0 amide bonds. The molecule has 2 heterocycles. The normalized spacial score (nSPS) is 20.8. The Morgan fingerprint density at radius 1 is 1.28 bits per heavy atom. The highest BCUT2D eigenvalue weighted by Gasteiger charge is 2.37. The van der Waals surface area contributed by atoms with E-state index in [1.165, 1.54) is 23.1 Å². The van der Waals surface area contributed by atoms with E-state index in [9.17, 15) is 19.9 Å². The van der Waals surface area contributed by atoms with Crippen molar-refractivity contribution >= 4 is 17.6 Å². The minimum Gasteiger partial charge on any atom is -0.619 e. The number of benzene rings is 1. The molecular formula is C23H23ClN4O4. The van der Waals surface area contributed by atoms with E-state index in [0.717, 1.165) is 5.56 Å². The van der Waals surface area contributed by atoms with E-state index in [0.29, 0.717) is 47.5 Å². The smallest absolute Gasteiger partial charge is 0.341 e. The summed E-state index contributed by atoms with van der Waals surface area (Å²) in [7, 11) is 0. The molecule has 1 aromatic carbocycles. The van der Waals surface area contributed by atoms with Crippen molar-refractivity contribution in [1.82, 2.24) is 9.78 Å². The number of halogens is 1. The first kappa shape index (κ1) is 22.0. The predicted molar refractivity (Wildman–Crippen MR) is 120 cm³/mol. The number of rotatable bonds is 5. The monoisotopic (exact) mass is 454 g/mol. The minimum absolute atomic E-state index is 0.258. The summed E-state index contributed by atoms with van der Waals surface area (Å²) in [5.41, 5.74) is 6.65. The van der Waals surface area contributed by atoms with Gasteiger partial charge in [0.2, 0.25) is 0 Å². The van der Waals surface area contributed by atoms with Gasteiger partial charge in [-0.25, -0.2) is 9.48 Å². The lowest BCUT2D eigenvalue weighted by Crippen LogP contribution is -2.41. The summed E-state index contributed by atoms with van der Waals surface area (Å²) in [5, 5.41) is 26.3. The lowest BCUT2D eigenvalue weighted by molar-refractivity contribution is -0.604. The van der Waals surface area contributed by atoms with Gasteiger partial charge in [-0.05, 0) is 55.5 Å². The van der Waals surface area contributed by atoms with E-state index < -0.39 is 11.5 Å². The van der Waals surface area contributed by atoms with Gasteiger partial charge in [0.05, 0.1) is 17.3 Å². The Labute approximate surface area is 189 Å². The third-order valence-electron chi connectivity index (χ3n) is 6.32. The fraction of sp³-hybridized carbons (Fsp3) is 0.304. The third-order valence-corrected chi connectivity index (χ3v) is 6.56. The van der Waals surface area contributed by atoms with Crippen LogP contribution in [0.3, 0.4) is 0 Å². The second-order valence-corrected chi connectivity index (χ2v) is 8.61. The molecule has 0 radical (unpaired) electrons. The Morgan fingerprint density at radius 2 is 2.03 bits per heavy atom. The van der Waals surface area contributed by atoms with E-state index in [1.807, 2.05) is 24.3 Å². The SMILES string of the molecule is NCC1(c2cccc(Cl)c2)CCC(n2nc(-c3ccc[n+]([O-])c3)cc(C(=O)O)c2=O)CC1. The molecule has 1 saturated carbocycles. The van der Waals surface area contributed by atoms with Crippen LogP contribution in [0.4, 0.5) is 0 Å². The Bertz CT molecular complexity index is 1220. The van der Waals surface area contributed by atoms with Gasteiger partial charge in [-0.3, -0.25) is 4.79 Å². The zero-order valence-electron chi connectivity index (χ0n) is 17.3. The summed E-state index contributed by atoms with van der Waals surface area (Å²) in [6, 6.07) is 11.8. The summed E-state index contributed by atoms with van der Waals surface area (Å²) in [6.07, 6.45) is 5.25. The molecule has 0 saturated heterocycles. The lowest BCUT2D eigenvalue weighted by Gasteiger charge is -2.40. The van der Waals surface area contributed by atoms with Crippen molar-refractivity contribution in [2.45, 2.75) is 37.1 Å². The quantitative estimate of drug-likeness (QED) is 0.451. The number of carboxylic acid groups (broad SMARTS) is 1. The molecule has 8 nitrogen and oxygen atoms in total. The Balaban J connectivity index is 1.70. The first-order valence-corrected chi connectivity index (χ1v) is 10.7. The molecule has 0 atom stereocenters. The van der Waals surface area contributed by atoms with Gasteiger partial charge in [0.25, 0.3) is 5.56 Å². The summed E-state index contributed by atoms with van der Waals surface area (Å²) in [5.74, 6) is -1.33. The number of hydrogen-bond acceptors (Lipinski definition) is 5. The van der Waals surface area contributed by atoms with Crippen molar-refractivity contribution in [2.24, 2.45) is 5.73 Å². The average Bonchev–Trinajstić information content (AvgIpc) is 2.79. The average molecular weight is 455 g/mol. The molecule has 9 heteroatoms. The maximum absolute atomic E-state index is 12.9. The number of carboxylic acids is 1. The van der Waals surface area contributed by atoms with Crippen molar-refractivity contribution in [3.63, 3.8) is 0 Å². The predicted octanol–water partition coefficient (Wildman–Crippen LogP) is 2.91. The van der Waals surface area contributed by atoms with Crippen molar-refractivity contribution in [2.75, 3.05) is 6.54 Å². The van der Waals surface area contributed by atoms with E-state index in [4.69, 9.17) is 17.3 Å². The van der Waals surface area contributed by atoms with Crippen LogP contribution < -0.4 is 16.0 Å². The van der Waals surface area contributed by atoms with E-state index in [2.05, 4.69) is 5.10 Å². The zero-order valence-corrected chi connectivity index (χ0v) is 18.0. The fourth-order valence-corrected chi connectivity index (χ4v) is 4.68. The molecule has 1 aliphatic carbocycles. The molecule has 3 N–H and O–H groups in total. The van der Waals surface area contributed by atoms with Crippen LogP contribution in [0.5, 0.6) is 0 Å². The number of nitrogens with zero attached hydrogens (tertiary/aromatic N) is 3. The molecule has 0 unspecified atom stereocenters. The summed E-state index contributed by atoms with van der Waals surface area (Å²) in [4.78, 5) is 24.7. The second kappa shape index (κ2) is 8.72. The van der Waals surface area contributed by atoms with Gasteiger partial charge >= 0.3 is 5.97 Å². The van der Waals surface area contributed by atoms with Crippen molar-refractivity contribution < 1.29 is 14.6 Å². The Kier molecular flexibility index (Phi) is 5.99.